The molecule has 0 aliphatic heterocycles. The topological polar surface area (TPSA) is 17.1 Å². The molecule has 0 atom stereocenters. The minimum absolute atomic E-state index is 0.246. The fraction of sp³-hybridized carbons (Fsp3) is 0.450. The van der Waals surface area contributed by atoms with Crippen LogP contribution in [-0.2, 0) is 4.79 Å². The Hall–Kier alpha value is -1.70. The molecule has 0 bridgehead atoms. The van der Waals surface area contributed by atoms with Crippen molar-refractivity contribution in [3.8, 4) is 0 Å². The maximum Gasteiger partial charge on any atom is 0.325 e. The predicted molar refractivity (Wildman–Crippen MR) is 92.2 cm³/mol. The first-order chi connectivity index (χ1) is 10.2. The summed E-state index contributed by atoms with van der Waals surface area (Å²) in [5.74, 6) is 0. The molecular formula is C20H27FO. The number of allylic oxidation sites excluding steroid dienone is 10. The Labute approximate surface area is 134 Å². The van der Waals surface area contributed by atoms with Crippen LogP contribution in [0, 0.1) is 5.41 Å². The molecule has 0 fully saturated rings. The molecule has 0 amide bonds. The van der Waals surface area contributed by atoms with E-state index in [-0.39, 0.29) is 5.41 Å². The second kappa shape index (κ2) is 8.07. The molecule has 22 heavy (non-hydrogen) atoms. The molecule has 0 N–H and O–H groups in total. The van der Waals surface area contributed by atoms with E-state index in [9.17, 15) is 9.18 Å². The zero-order chi connectivity index (χ0) is 16.8. The van der Waals surface area contributed by atoms with Gasteiger partial charge in [-0.15, -0.1) is 0 Å². The predicted octanol–water partition coefficient (Wildman–Crippen LogP) is 6.01. The van der Waals surface area contributed by atoms with Crippen LogP contribution in [-0.4, -0.2) is 6.04 Å². The number of carbonyl (C=O) groups is 1. The Balaban J connectivity index is 2.79. The molecule has 0 heterocycles. The normalized spacial score (nSPS) is 20.3. The average Bonchev–Trinajstić information content (AvgIpc) is 2.36. The SMILES string of the molecule is CC1=C(/C=C/C(C)=C/C=C/C(C)=C/C(=O)F)C(C)(C)CCC1. The van der Waals surface area contributed by atoms with Gasteiger partial charge in [-0.3, -0.25) is 4.79 Å². The third-order valence-electron chi connectivity index (χ3n) is 4.11. The molecule has 0 spiro atoms. The van der Waals surface area contributed by atoms with Crippen LogP contribution in [0.15, 0.2) is 58.7 Å². The van der Waals surface area contributed by atoms with Gasteiger partial charge in [0.05, 0.1) is 0 Å². The van der Waals surface area contributed by atoms with Crippen LogP contribution in [0.2, 0.25) is 0 Å². The molecule has 1 nitrogen and oxygen atoms in total. The van der Waals surface area contributed by atoms with E-state index in [2.05, 4.69) is 32.9 Å². The van der Waals surface area contributed by atoms with E-state index >= 15 is 0 Å². The smallest absolute Gasteiger partial charge is 0.256 e. The van der Waals surface area contributed by atoms with E-state index in [1.807, 2.05) is 19.1 Å². The Kier molecular flexibility index (Phi) is 6.73. The van der Waals surface area contributed by atoms with Crippen LogP contribution in [0.4, 0.5) is 4.39 Å². The fourth-order valence-corrected chi connectivity index (χ4v) is 2.86. The van der Waals surface area contributed by atoms with Crippen molar-refractivity contribution in [2.24, 2.45) is 5.41 Å². The van der Waals surface area contributed by atoms with Crippen LogP contribution >= 0.6 is 0 Å². The summed E-state index contributed by atoms with van der Waals surface area (Å²) >= 11 is 0. The molecule has 1 aliphatic carbocycles. The molecule has 1 rings (SSSR count). The third-order valence-corrected chi connectivity index (χ3v) is 4.11. The summed E-state index contributed by atoms with van der Waals surface area (Å²) in [5, 5.41) is 0. The first kappa shape index (κ1) is 18.3. The number of hydrogen-bond acceptors (Lipinski definition) is 1. The van der Waals surface area contributed by atoms with Crippen molar-refractivity contribution in [2.45, 2.75) is 53.9 Å². The summed E-state index contributed by atoms with van der Waals surface area (Å²) in [6, 6.07) is -1.41. The van der Waals surface area contributed by atoms with Gasteiger partial charge in [0.25, 0.3) is 0 Å². The minimum atomic E-state index is -1.41. The summed E-state index contributed by atoms with van der Waals surface area (Å²) < 4.78 is 12.2. The fourth-order valence-electron chi connectivity index (χ4n) is 2.86. The molecule has 0 saturated carbocycles. The van der Waals surface area contributed by atoms with Gasteiger partial charge in [0.1, 0.15) is 0 Å². The standard InChI is InChI=1S/C20H27FO/c1-15(8-6-9-16(2)14-19(21)22)11-12-18-17(3)10-7-13-20(18,4)5/h6,8-9,11-12,14H,7,10,13H2,1-5H3/b9-6+,12-11+,15-8+,16-14+. The third kappa shape index (κ3) is 5.97. The van der Waals surface area contributed by atoms with Gasteiger partial charge in [0, 0.05) is 6.08 Å². The van der Waals surface area contributed by atoms with Gasteiger partial charge < -0.3 is 0 Å². The second-order valence-corrected chi connectivity index (χ2v) is 6.73. The van der Waals surface area contributed by atoms with E-state index < -0.39 is 6.04 Å². The first-order valence-electron chi connectivity index (χ1n) is 7.83. The van der Waals surface area contributed by atoms with Crippen LogP contribution in [0.5, 0.6) is 0 Å². The summed E-state index contributed by atoms with van der Waals surface area (Å²) in [6.07, 6.45) is 14.5. The van der Waals surface area contributed by atoms with Gasteiger partial charge in [-0.2, -0.15) is 4.39 Å². The van der Waals surface area contributed by atoms with Gasteiger partial charge in [0.2, 0.25) is 0 Å². The van der Waals surface area contributed by atoms with Crippen molar-refractivity contribution in [1.82, 2.24) is 0 Å². The van der Waals surface area contributed by atoms with Gasteiger partial charge >= 0.3 is 6.04 Å². The lowest BCUT2D eigenvalue weighted by atomic mass is 9.72. The van der Waals surface area contributed by atoms with Gasteiger partial charge in [-0.25, -0.2) is 0 Å². The van der Waals surface area contributed by atoms with E-state index in [1.54, 1.807) is 13.0 Å². The van der Waals surface area contributed by atoms with Crippen LogP contribution in [0.3, 0.4) is 0 Å². The van der Waals surface area contributed by atoms with Crippen molar-refractivity contribution in [1.29, 1.82) is 0 Å². The van der Waals surface area contributed by atoms with Crippen molar-refractivity contribution in [2.75, 3.05) is 0 Å². The highest BCUT2D eigenvalue weighted by molar-refractivity contribution is 5.82. The molecule has 0 aromatic heterocycles. The van der Waals surface area contributed by atoms with E-state index in [4.69, 9.17) is 0 Å². The summed E-state index contributed by atoms with van der Waals surface area (Å²) in [5.41, 5.74) is 4.89. The molecule has 0 radical (unpaired) electrons. The second-order valence-electron chi connectivity index (χ2n) is 6.73. The van der Waals surface area contributed by atoms with Crippen LogP contribution < -0.4 is 0 Å². The van der Waals surface area contributed by atoms with Gasteiger partial charge in [-0.05, 0) is 56.6 Å². The van der Waals surface area contributed by atoms with Crippen molar-refractivity contribution >= 4 is 6.04 Å². The quantitative estimate of drug-likeness (QED) is 0.345. The van der Waals surface area contributed by atoms with Crippen molar-refractivity contribution in [3.05, 3.63) is 58.7 Å². The van der Waals surface area contributed by atoms with Gasteiger partial charge in [-0.1, -0.05) is 55.4 Å². The highest BCUT2D eigenvalue weighted by Gasteiger charge is 2.26. The Morgan fingerprint density at radius 2 is 1.86 bits per heavy atom. The van der Waals surface area contributed by atoms with Crippen LogP contribution in [0.25, 0.3) is 0 Å². The van der Waals surface area contributed by atoms with E-state index in [1.165, 1.54) is 30.4 Å². The lowest BCUT2D eigenvalue weighted by Gasteiger charge is -2.32. The number of halogens is 1. The molecular weight excluding hydrogens is 275 g/mol. The molecule has 0 saturated heterocycles. The zero-order valence-electron chi connectivity index (χ0n) is 14.4. The maximum absolute atomic E-state index is 12.2. The molecule has 0 unspecified atom stereocenters. The highest BCUT2D eigenvalue weighted by Crippen LogP contribution is 2.40. The average molecular weight is 302 g/mol. The maximum atomic E-state index is 12.2. The van der Waals surface area contributed by atoms with Gasteiger partial charge in [0.15, 0.2) is 0 Å². The Morgan fingerprint density at radius 1 is 1.18 bits per heavy atom. The van der Waals surface area contributed by atoms with Crippen LogP contribution in [0.1, 0.15) is 53.9 Å². The molecule has 1 aliphatic rings. The summed E-state index contributed by atoms with van der Waals surface area (Å²) in [6.45, 7) is 10.6. The largest absolute Gasteiger partial charge is 0.325 e. The summed E-state index contributed by atoms with van der Waals surface area (Å²) in [7, 11) is 0. The van der Waals surface area contributed by atoms with Crippen molar-refractivity contribution < 1.29 is 9.18 Å². The first-order valence-corrected chi connectivity index (χ1v) is 7.83. The van der Waals surface area contributed by atoms with E-state index in [0.29, 0.717) is 5.57 Å². The Morgan fingerprint density at radius 3 is 2.45 bits per heavy atom. The zero-order valence-corrected chi connectivity index (χ0v) is 14.4. The monoisotopic (exact) mass is 302 g/mol. The number of carbonyl (C=O) groups excluding carboxylic acids is 1. The molecule has 2 heteroatoms. The lowest BCUT2D eigenvalue weighted by Crippen LogP contribution is -2.19. The minimum Gasteiger partial charge on any atom is -0.256 e. The Bertz CT molecular complexity index is 569. The van der Waals surface area contributed by atoms with E-state index in [0.717, 1.165) is 11.6 Å². The number of hydrogen-bond donors (Lipinski definition) is 0. The van der Waals surface area contributed by atoms with Crippen molar-refractivity contribution in [3.63, 3.8) is 0 Å². The molecule has 120 valence electrons. The highest BCUT2D eigenvalue weighted by atomic mass is 19.1. The molecule has 0 aromatic rings. The lowest BCUT2D eigenvalue weighted by molar-refractivity contribution is -0.124. The number of rotatable bonds is 5. The molecule has 0 aromatic carbocycles. The summed E-state index contributed by atoms with van der Waals surface area (Å²) in [4.78, 5) is 10.3.